The Morgan fingerprint density at radius 2 is 1.45 bits per heavy atom. The maximum atomic E-state index is 11.5. The van der Waals surface area contributed by atoms with E-state index in [0.29, 0.717) is 12.8 Å². The van der Waals surface area contributed by atoms with E-state index in [2.05, 4.69) is 12.2 Å². The average Bonchev–Trinajstić information content (AvgIpc) is 2.51. The van der Waals surface area contributed by atoms with Crippen LogP contribution in [0.25, 0.3) is 0 Å². The topological polar surface area (TPSA) is 69.6 Å². The van der Waals surface area contributed by atoms with E-state index in [9.17, 15) is 15.0 Å². The van der Waals surface area contributed by atoms with E-state index in [-0.39, 0.29) is 12.5 Å². The van der Waals surface area contributed by atoms with Crippen LogP contribution < -0.4 is 5.32 Å². The molecule has 0 aliphatic heterocycles. The zero-order valence-electron chi connectivity index (χ0n) is 14.6. The Morgan fingerprint density at radius 3 is 1.95 bits per heavy atom. The highest BCUT2D eigenvalue weighted by Gasteiger charge is 2.19. The molecule has 0 aliphatic carbocycles. The van der Waals surface area contributed by atoms with Gasteiger partial charge in [-0.25, -0.2) is 0 Å². The Morgan fingerprint density at radius 1 is 0.909 bits per heavy atom. The van der Waals surface area contributed by atoms with Gasteiger partial charge in [0.25, 0.3) is 0 Å². The highest BCUT2D eigenvalue weighted by molar-refractivity contribution is 5.76. The molecule has 0 saturated heterocycles. The summed E-state index contributed by atoms with van der Waals surface area (Å²) in [6.45, 7) is 3.97. The summed E-state index contributed by atoms with van der Waals surface area (Å²) >= 11 is 0. The van der Waals surface area contributed by atoms with Gasteiger partial charge in [0.1, 0.15) is 0 Å². The standard InChI is InChI=1S/C18H37NO3/c1-3-5-6-7-8-9-10-11-12-14-17(21)16(15-20)19-18(22)13-4-2/h16-17,20-21H,3-15H2,1-2H3,(H,19,22). The molecule has 4 heteroatoms. The van der Waals surface area contributed by atoms with Gasteiger partial charge in [-0.15, -0.1) is 0 Å². The van der Waals surface area contributed by atoms with Gasteiger partial charge in [0.15, 0.2) is 0 Å². The fraction of sp³-hybridized carbons (Fsp3) is 0.944. The molecular weight excluding hydrogens is 278 g/mol. The highest BCUT2D eigenvalue weighted by Crippen LogP contribution is 2.12. The molecule has 0 heterocycles. The molecule has 4 nitrogen and oxygen atoms in total. The summed E-state index contributed by atoms with van der Waals surface area (Å²) in [5, 5.41) is 22.0. The largest absolute Gasteiger partial charge is 0.394 e. The second-order valence-electron chi connectivity index (χ2n) is 6.29. The van der Waals surface area contributed by atoms with E-state index in [1.807, 2.05) is 6.92 Å². The number of amides is 1. The minimum atomic E-state index is -0.643. The number of hydrogen-bond donors (Lipinski definition) is 3. The molecule has 0 rings (SSSR count). The fourth-order valence-electron chi connectivity index (χ4n) is 2.63. The van der Waals surface area contributed by atoms with Gasteiger partial charge in [-0.2, -0.15) is 0 Å². The van der Waals surface area contributed by atoms with Crippen molar-refractivity contribution >= 4 is 5.91 Å². The molecule has 0 aromatic carbocycles. The summed E-state index contributed by atoms with van der Waals surface area (Å²) in [6.07, 6.45) is 12.4. The van der Waals surface area contributed by atoms with Crippen LogP contribution >= 0.6 is 0 Å². The van der Waals surface area contributed by atoms with Crippen molar-refractivity contribution in [1.82, 2.24) is 5.32 Å². The van der Waals surface area contributed by atoms with Crippen LogP contribution in [0.15, 0.2) is 0 Å². The Labute approximate surface area is 136 Å². The van der Waals surface area contributed by atoms with E-state index in [1.165, 1.54) is 44.9 Å². The number of rotatable bonds is 15. The summed E-state index contributed by atoms with van der Waals surface area (Å²) in [7, 11) is 0. The number of hydrogen-bond acceptors (Lipinski definition) is 3. The molecule has 1 amide bonds. The lowest BCUT2D eigenvalue weighted by Crippen LogP contribution is -2.45. The molecular formula is C18H37NO3. The number of carbonyl (C=O) groups is 1. The lowest BCUT2D eigenvalue weighted by atomic mass is 10.0. The molecule has 2 unspecified atom stereocenters. The van der Waals surface area contributed by atoms with Crippen LogP contribution in [0.3, 0.4) is 0 Å². The van der Waals surface area contributed by atoms with E-state index in [0.717, 1.165) is 19.3 Å². The molecule has 0 aromatic rings. The monoisotopic (exact) mass is 315 g/mol. The first-order valence-electron chi connectivity index (χ1n) is 9.23. The van der Waals surface area contributed by atoms with E-state index < -0.39 is 12.1 Å². The normalized spacial score (nSPS) is 13.8. The van der Waals surface area contributed by atoms with Crippen molar-refractivity contribution in [3.8, 4) is 0 Å². The third-order valence-corrected chi connectivity index (χ3v) is 4.09. The van der Waals surface area contributed by atoms with Gasteiger partial charge in [-0.05, 0) is 12.8 Å². The predicted molar refractivity (Wildman–Crippen MR) is 91.8 cm³/mol. The Kier molecular flexibility index (Phi) is 14.9. The lowest BCUT2D eigenvalue weighted by molar-refractivity contribution is -0.123. The highest BCUT2D eigenvalue weighted by atomic mass is 16.3. The van der Waals surface area contributed by atoms with E-state index in [4.69, 9.17) is 0 Å². The summed E-state index contributed by atoms with van der Waals surface area (Å²) < 4.78 is 0. The van der Waals surface area contributed by atoms with Crippen LogP contribution in [-0.4, -0.2) is 34.9 Å². The molecule has 22 heavy (non-hydrogen) atoms. The van der Waals surface area contributed by atoms with Gasteiger partial charge >= 0.3 is 0 Å². The molecule has 0 fully saturated rings. The summed E-state index contributed by atoms with van der Waals surface area (Å²) in [4.78, 5) is 11.5. The summed E-state index contributed by atoms with van der Waals surface area (Å²) in [5.41, 5.74) is 0. The van der Waals surface area contributed by atoms with Crippen molar-refractivity contribution in [2.75, 3.05) is 6.61 Å². The van der Waals surface area contributed by atoms with Gasteiger partial charge in [0, 0.05) is 6.42 Å². The lowest BCUT2D eigenvalue weighted by Gasteiger charge is -2.22. The number of aliphatic hydroxyl groups excluding tert-OH is 2. The summed E-state index contributed by atoms with van der Waals surface area (Å²) in [5.74, 6) is -0.0901. The second kappa shape index (κ2) is 15.3. The average molecular weight is 315 g/mol. The molecule has 0 radical (unpaired) electrons. The van der Waals surface area contributed by atoms with Crippen LogP contribution in [0.4, 0.5) is 0 Å². The van der Waals surface area contributed by atoms with Gasteiger partial charge in [0.2, 0.25) is 5.91 Å². The fourth-order valence-corrected chi connectivity index (χ4v) is 2.63. The zero-order chi connectivity index (χ0) is 16.6. The molecule has 0 aliphatic rings. The Balaban J connectivity index is 3.60. The smallest absolute Gasteiger partial charge is 0.220 e. The van der Waals surface area contributed by atoms with Crippen molar-refractivity contribution in [1.29, 1.82) is 0 Å². The van der Waals surface area contributed by atoms with Crippen molar-refractivity contribution in [2.45, 2.75) is 103 Å². The number of carbonyl (C=O) groups excluding carboxylic acids is 1. The minimum Gasteiger partial charge on any atom is -0.394 e. The first-order valence-corrected chi connectivity index (χ1v) is 9.23. The van der Waals surface area contributed by atoms with Gasteiger partial charge < -0.3 is 15.5 Å². The van der Waals surface area contributed by atoms with Crippen molar-refractivity contribution in [2.24, 2.45) is 0 Å². The van der Waals surface area contributed by atoms with Crippen LogP contribution in [0.1, 0.15) is 90.9 Å². The quantitative estimate of drug-likeness (QED) is 0.405. The maximum absolute atomic E-state index is 11.5. The first kappa shape index (κ1) is 21.4. The van der Waals surface area contributed by atoms with Crippen LogP contribution in [0.2, 0.25) is 0 Å². The first-order chi connectivity index (χ1) is 10.7. The third kappa shape index (κ3) is 12.0. The van der Waals surface area contributed by atoms with Crippen LogP contribution in [0.5, 0.6) is 0 Å². The molecule has 132 valence electrons. The number of aliphatic hydroxyl groups is 2. The van der Waals surface area contributed by atoms with Gasteiger partial charge in [0.05, 0.1) is 18.8 Å². The zero-order valence-corrected chi connectivity index (χ0v) is 14.6. The van der Waals surface area contributed by atoms with Crippen LogP contribution in [-0.2, 0) is 4.79 Å². The second-order valence-corrected chi connectivity index (χ2v) is 6.29. The van der Waals surface area contributed by atoms with Crippen molar-refractivity contribution < 1.29 is 15.0 Å². The predicted octanol–water partition coefficient (Wildman–Crippen LogP) is 3.55. The van der Waals surface area contributed by atoms with Crippen molar-refractivity contribution in [3.05, 3.63) is 0 Å². The molecule has 0 spiro atoms. The van der Waals surface area contributed by atoms with E-state index >= 15 is 0 Å². The Hall–Kier alpha value is -0.610. The molecule has 0 aromatic heterocycles. The molecule has 2 atom stereocenters. The van der Waals surface area contributed by atoms with Gasteiger partial charge in [-0.3, -0.25) is 4.79 Å². The Bertz CT molecular complexity index is 259. The summed E-state index contributed by atoms with van der Waals surface area (Å²) in [6, 6.07) is -0.520. The SMILES string of the molecule is CCCCCCCCCCCC(O)C(CO)NC(=O)CCC. The van der Waals surface area contributed by atoms with E-state index in [1.54, 1.807) is 0 Å². The molecule has 3 N–H and O–H groups in total. The number of unbranched alkanes of at least 4 members (excludes halogenated alkanes) is 8. The third-order valence-electron chi connectivity index (χ3n) is 4.09. The molecule has 0 bridgehead atoms. The van der Waals surface area contributed by atoms with Crippen LogP contribution in [0, 0.1) is 0 Å². The van der Waals surface area contributed by atoms with Gasteiger partial charge in [-0.1, -0.05) is 71.6 Å². The minimum absolute atomic E-state index is 0.0901. The number of nitrogens with one attached hydrogen (secondary N) is 1. The maximum Gasteiger partial charge on any atom is 0.220 e. The van der Waals surface area contributed by atoms with Crippen molar-refractivity contribution in [3.63, 3.8) is 0 Å². The molecule has 0 saturated carbocycles.